The summed E-state index contributed by atoms with van der Waals surface area (Å²) in [6.45, 7) is 4.02. The van der Waals surface area contributed by atoms with Crippen molar-refractivity contribution in [2.24, 2.45) is 0 Å². The lowest BCUT2D eigenvalue weighted by molar-refractivity contribution is 0.102. The van der Waals surface area contributed by atoms with E-state index in [2.05, 4.69) is 27.6 Å². The highest BCUT2D eigenvalue weighted by atomic mass is 32.1. The van der Waals surface area contributed by atoms with E-state index in [1.54, 1.807) is 0 Å². The molecule has 0 saturated carbocycles. The standard InChI is InChI=1S/C18H17N3OS/c1-12-8-9-15(10-13(12)2)17(22)19-18-21-20-16(23-18)11-14-6-4-3-5-7-14/h3-10H,11H2,1-2H3,(H,19,21,22). The van der Waals surface area contributed by atoms with Crippen molar-refractivity contribution >= 4 is 22.4 Å². The van der Waals surface area contributed by atoms with Gasteiger partial charge in [-0.2, -0.15) is 0 Å². The van der Waals surface area contributed by atoms with E-state index in [0.717, 1.165) is 17.0 Å². The number of carbonyl (C=O) groups is 1. The Morgan fingerprint density at radius 1 is 1.04 bits per heavy atom. The topological polar surface area (TPSA) is 54.9 Å². The number of carbonyl (C=O) groups excluding carboxylic acids is 1. The summed E-state index contributed by atoms with van der Waals surface area (Å²) in [5.41, 5.74) is 4.07. The number of rotatable bonds is 4. The summed E-state index contributed by atoms with van der Waals surface area (Å²) >= 11 is 1.40. The van der Waals surface area contributed by atoms with Gasteiger partial charge in [-0.3, -0.25) is 10.1 Å². The first kappa shape index (κ1) is 15.4. The van der Waals surface area contributed by atoms with Gasteiger partial charge in [-0.15, -0.1) is 10.2 Å². The highest BCUT2D eigenvalue weighted by Gasteiger charge is 2.11. The molecule has 0 unspecified atom stereocenters. The predicted molar refractivity (Wildman–Crippen MR) is 93.0 cm³/mol. The minimum absolute atomic E-state index is 0.157. The third kappa shape index (κ3) is 3.81. The minimum atomic E-state index is -0.157. The average molecular weight is 323 g/mol. The SMILES string of the molecule is Cc1ccc(C(=O)Nc2nnc(Cc3ccccc3)s2)cc1C. The summed E-state index contributed by atoms with van der Waals surface area (Å²) in [6.07, 6.45) is 0.720. The van der Waals surface area contributed by atoms with Crippen LogP contribution in [0.2, 0.25) is 0 Å². The van der Waals surface area contributed by atoms with Crippen molar-refractivity contribution in [2.75, 3.05) is 5.32 Å². The summed E-state index contributed by atoms with van der Waals surface area (Å²) in [5.74, 6) is -0.157. The van der Waals surface area contributed by atoms with Crippen LogP contribution in [0.5, 0.6) is 0 Å². The molecule has 3 aromatic rings. The number of anilines is 1. The van der Waals surface area contributed by atoms with Crippen LogP contribution in [-0.2, 0) is 6.42 Å². The Morgan fingerprint density at radius 3 is 2.57 bits per heavy atom. The Hall–Kier alpha value is -2.53. The lowest BCUT2D eigenvalue weighted by Crippen LogP contribution is -2.12. The highest BCUT2D eigenvalue weighted by molar-refractivity contribution is 7.15. The highest BCUT2D eigenvalue weighted by Crippen LogP contribution is 2.19. The second-order valence-electron chi connectivity index (χ2n) is 5.42. The molecule has 0 aliphatic carbocycles. The molecule has 2 aromatic carbocycles. The predicted octanol–water partition coefficient (Wildman–Crippen LogP) is 4.00. The Bertz CT molecular complexity index is 827. The van der Waals surface area contributed by atoms with E-state index in [0.29, 0.717) is 10.7 Å². The van der Waals surface area contributed by atoms with Gasteiger partial charge in [0.2, 0.25) is 5.13 Å². The summed E-state index contributed by atoms with van der Waals surface area (Å²) in [4.78, 5) is 12.3. The Morgan fingerprint density at radius 2 is 1.83 bits per heavy atom. The maximum atomic E-state index is 12.3. The van der Waals surface area contributed by atoms with Gasteiger partial charge in [0.1, 0.15) is 5.01 Å². The maximum Gasteiger partial charge on any atom is 0.257 e. The molecular weight excluding hydrogens is 306 g/mol. The van der Waals surface area contributed by atoms with Crippen LogP contribution in [0.1, 0.15) is 32.1 Å². The van der Waals surface area contributed by atoms with Crippen molar-refractivity contribution in [2.45, 2.75) is 20.3 Å². The number of benzene rings is 2. The molecule has 0 atom stereocenters. The lowest BCUT2D eigenvalue weighted by Gasteiger charge is -2.04. The first-order chi connectivity index (χ1) is 11.1. The summed E-state index contributed by atoms with van der Waals surface area (Å²) < 4.78 is 0. The number of nitrogens with one attached hydrogen (secondary N) is 1. The van der Waals surface area contributed by atoms with E-state index >= 15 is 0 Å². The number of nitrogens with zero attached hydrogens (tertiary/aromatic N) is 2. The molecule has 0 aliphatic rings. The van der Waals surface area contributed by atoms with Gasteiger partial charge in [0.15, 0.2) is 0 Å². The fourth-order valence-corrected chi connectivity index (χ4v) is 2.97. The average Bonchev–Trinajstić information content (AvgIpc) is 2.98. The molecule has 0 radical (unpaired) electrons. The summed E-state index contributed by atoms with van der Waals surface area (Å²) in [5, 5.41) is 12.4. The monoisotopic (exact) mass is 323 g/mol. The molecule has 0 saturated heterocycles. The molecule has 116 valence electrons. The molecule has 1 heterocycles. The summed E-state index contributed by atoms with van der Waals surface area (Å²) in [6, 6.07) is 15.7. The number of aryl methyl sites for hydroxylation is 2. The normalized spacial score (nSPS) is 10.5. The van der Waals surface area contributed by atoms with E-state index in [-0.39, 0.29) is 5.91 Å². The van der Waals surface area contributed by atoms with Crippen LogP contribution in [0.4, 0.5) is 5.13 Å². The maximum absolute atomic E-state index is 12.3. The van der Waals surface area contributed by atoms with E-state index in [9.17, 15) is 4.79 Å². The van der Waals surface area contributed by atoms with Crippen LogP contribution in [0.25, 0.3) is 0 Å². The van der Waals surface area contributed by atoms with Gasteiger partial charge in [-0.05, 0) is 42.7 Å². The lowest BCUT2D eigenvalue weighted by atomic mass is 10.1. The number of hydrogen-bond donors (Lipinski definition) is 1. The minimum Gasteiger partial charge on any atom is -0.296 e. The van der Waals surface area contributed by atoms with Crippen LogP contribution >= 0.6 is 11.3 Å². The number of hydrogen-bond acceptors (Lipinski definition) is 4. The van der Waals surface area contributed by atoms with E-state index < -0.39 is 0 Å². The molecular formula is C18H17N3OS. The quantitative estimate of drug-likeness (QED) is 0.789. The van der Waals surface area contributed by atoms with Crippen LogP contribution in [-0.4, -0.2) is 16.1 Å². The van der Waals surface area contributed by atoms with Gasteiger partial charge in [0.05, 0.1) is 0 Å². The first-order valence-electron chi connectivity index (χ1n) is 7.37. The fraction of sp³-hybridized carbons (Fsp3) is 0.167. The molecule has 4 nitrogen and oxygen atoms in total. The smallest absolute Gasteiger partial charge is 0.257 e. The molecule has 1 N–H and O–H groups in total. The zero-order chi connectivity index (χ0) is 16.2. The number of aromatic nitrogens is 2. The molecule has 0 spiro atoms. The zero-order valence-corrected chi connectivity index (χ0v) is 13.9. The molecule has 1 aromatic heterocycles. The Labute approximate surface area is 139 Å². The van der Waals surface area contributed by atoms with Crippen molar-refractivity contribution in [3.8, 4) is 0 Å². The van der Waals surface area contributed by atoms with Crippen LogP contribution < -0.4 is 5.32 Å². The van der Waals surface area contributed by atoms with Gasteiger partial charge >= 0.3 is 0 Å². The van der Waals surface area contributed by atoms with Gasteiger partial charge in [0, 0.05) is 12.0 Å². The van der Waals surface area contributed by atoms with E-state index in [1.165, 1.54) is 22.5 Å². The van der Waals surface area contributed by atoms with Crippen LogP contribution in [0.15, 0.2) is 48.5 Å². The molecule has 0 aliphatic heterocycles. The third-order valence-corrected chi connectivity index (χ3v) is 4.49. The van der Waals surface area contributed by atoms with Crippen molar-refractivity contribution in [3.05, 3.63) is 75.8 Å². The largest absolute Gasteiger partial charge is 0.296 e. The molecule has 0 fully saturated rings. The van der Waals surface area contributed by atoms with Crippen molar-refractivity contribution in [1.82, 2.24) is 10.2 Å². The Kier molecular flexibility index (Phi) is 4.48. The molecule has 1 amide bonds. The van der Waals surface area contributed by atoms with E-state index in [4.69, 9.17) is 0 Å². The van der Waals surface area contributed by atoms with Crippen LogP contribution in [0.3, 0.4) is 0 Å². The van der Waals surface area contributed by atoms with Gasteiger partial charge in [0.25, 0.3) is 5.91 Å². The van der Waals surface area contributed by atoms with E-state index in [1.807, 2.05) is 50.2 Å². The molecule has 0 bridgehead atoms. The Balaban J connectivity index is 1.68. The number of amides is 1. The van der Waals surface area contributed by atoms with Crippen molar-refractivity contribution in [3.63, 3.8) is 0 Å². The van der Waals surface area contributed by atoms with Crippen molar-refractivity contribution < 1.29 is 4.79 Å². The molecule has 23 heavy (non-hydrogen) atoms. The molecule has 5 heteroatoms. The molecule has 3 rings (SSSR count). The van der Waals surface area contributed by atoms with Gasteiger partial charge in [-0.1, -0.05) is 47.7 Å². The second kappa shape index (κ2) is 6.71. The summed E-state index contributed by atoms with van der Waals surface area (Å²) in [7, 11) is 0. The van der Waals surface area contributed by atoms with Gasteiger partial charge < -0.3 is 0 Å². The second-order valence-corrected chi connectivity index (χ2v) is 6.48. The third-order valence-electron chi connectivity index (χ3n) is 3.65. The zero-order valence-electron chi connectivity index (χ0n) is 13.0. The van der Waals surface area contributed by atoms with Crippen molar-refractivity contribution in [1.29, 1.82) is 0 Å². The fourth-order valence-electron chi connectivity index (χ4n) is 2.20. The first-order valence-corrected chi connectivity index (χ1v) is 8.18. The van der Waals surface area contributed by atoms with Gasteiger partial charge in [-0.25, -0.2) is 0 Å². The van der Waals surface area contributed by atoms with Crippen LogP contribution in [0, 0.1) is 13.8 Å².